The summed E-state index contributed by atoms with van der Waals surface area (Å²) in [6, 6.07) is 27.1. The first-order valence-corrected chi connectivity index (χ1v) is 9.31. The molecule has 1 fully saturated rings. The van der Waals surface area contributed by atoms with Gasteiger partial charge in [-0.25, -0.2) is 9.68 Å². The standard InChI is InChI=1S/C24H25NO2/c1-23(2)24(3,4)27-25(26-23)22-16-15-20(18-11-7-5-8-12-18)17-21(22)19-13-9-6-10-14-19/h5-17H,1-4H3. The Balaban J connectivity index is 1.83. The Morgan fingerprint density at radius 1 is 0.593 bits per heavy atom. The first-order valence-electron chi connectivity index (χ1n) is 9.31. The van der Waals surface area contributed by atoms with E-state index >= 15 is 0 Å². The third-order valence-electron chi connectivity index (χ3n) is 5.46. The first kappa shape index (κ1) is 17.8. The van der Waals surface area contributed by atoms with Gasteiger partial charge in [-0.1, -0.05) is 66.7 Å². The number of benzene rings is 3. The van der Waals surface area contributed by atoms with Gasteiger partial charge in [-0.15, -0.1) is 5.23 Å². The number of hydrogen-bond donors (Lipinski definition) is 0. The minimum atomic E-state index is -0.431. The fourth-order valence-electron chi connectivity index (χ4n) is 3.11. The Morgan fingerprint density at radius 3 is 1.67 bits per heavy atom. The van der Waals surface area contributed by atoms with Gasteiger partial charge >= 0.3 is 0 Å². The zero-order valence-corrected chi connectivity index (χ0v) is 16.3. The Labute approximate surface area is 161 Å². The van der Waals surface area contributed by atoms with Crippen LogP contribution < -0.4 is 5.23 Å². The minimum Gasteiger partial charge on any atom is -0.239 e. The maximum atomic E-state index is 6.17. The fourth-order valence-corrected chi connectivity index (χ4v) is 3.11. The molecule has 0 atom stereocenters. The van der Waals surface area contributed by atoms with Gasteiger partial charge in [0.05, 0.1) is 0 Å². The van der Waals surface area contributed by atoms with Crippen LogP contribution in [0.1, 0.15) is 27.7 Å². The van der Waals surface area contributed by atoms with Crippen LogP contribution in [0.5, 0.6) is 0 Å². The molecule has 3 aromatic rings. The molecular weight excluding hydrogens is 334 g/mol. The van der Waals surface area contributed by atoms with E-state index in [0.29, 0.717) is 0 Å². The molecule has 1 aliphatic heterocycles. The van der Waals surface area contributed by atoms with Gasteiger partial charge < -0.3 is 0 Å². The van der Waals surface area contributed by atoms with Crippen molar-refractivity contribution >= 4 is 5.69 Å². The van der Waals surface area contributed by atoms with Crippen molar-refractivity contribution in [2.24, 2.45) is 0 Å². The molecule has 0 saturated carbocycles. The van der Waals surface area contributed by atoms with Crippen LogP contribution in [0.2, 0.25) is 0 Å². The molecule has 1 heterocycles. The molecule has 1 saturated heterocycles. The molecule has 3 nitrogen and oxygen atoms in total. The van der Waals surface area contributed by atoms with E-state index < -0.39 is 11.2 Å². The number of anilines is 1. The lowest BCUT2D eigenvalue weighted by Crippen LogP contribution is -2.41. The second kappa shape index (κ2) is 6.52. The Kier molecular flexibility index (Phi) is 4.29. The molecular formula is C24H25NO2. The van der Waals surface area contributed by atoms with Crippen molar-refractivity contribution in [1.29, 1.82) is 0 Å². The highest BCUT2D eigenvalue weighted by Crippen LogP contribution is 2.43. The van der Waals surface area contributed by atoms with Crippen LogP contribution in [0.25, 0.3) is 22.3 Å². The summed E-state index contributed by atoms with van der Waals surface area (Å²) in [4.78, 5) is 12.3. The third-order valence-corrected chi connectivity index (χ3v) is 5.46. The van der Waals surface area contributed by atoms with E-state index in [9.17, 15) is 0 Å². The number of nitrogens with zero attached hydrogens (tertiary/aromatic N) is 1. The zero-order chi connectivity index (χ0) is 19.1. The van der Waals surface area contributed by atoms with Gasteiger partial charge in [0.15, 0.2) is 0 Å². The molecule has 0 unspecified atom stereocenters. The molecule has 0 bridgehead atoms. The minimum absolute atomic E-state index is 0.431. The average Bonchev–Trinajstić information content (AvgIpc) is 2.90. The van der Waals surface area contributed by atoms with Crippen LogP contribution in [-0.4, -0.2) is 11.2 Å². The lowest BCUT2D eigenvalue weighted by atomic mass is 9.90. The van der Waals surface area contributed by atoms with Gasteiger partial charge in [0.1, 0.15) is 16.9 Å². The largest absolute Gasteiger partial charge is 0.239 e. The van der Waals surface area contributed by atoms with Gasteiger partial charge in [-0.05, 0) is 56.5 Å². The molecule has 0 radical (unpaired) electrons. The molecule has 3 aromatic carbocycles. The van der Waals surface area contributed by atoms with E-state index in [1.54, 1.807) is 5.23 Å². The Bertz CT molecular complexity index is 917. The summed E-state index contributed by atoms with van der Waals surface area (Å²) in [6.07, 6.45) is 0. The summed E-state index contributed by atoms with van der Waals surface area (Å²) in [5.74, 6) is 0. The smallest absolute Gasteiger partial charge is 0.124 e. The van der Waals surface area contributed by atoms with Gasteiger partial charge in [0, 0.05) is 5.56 Å². The monoisotopic (exact) mass is 359 g/mol. The molecule has 0 aliphatic carbocycles. The molecule has 4 rings (SSSR count). The first-order chi connectivity index (χ1) is 12.9. The zero-order valence-electron chi connectivity index (χ0n) is 16.3. The molecule has 0 amide bonds. The van der Waals surface area contributed by atoms with E-state index in [4.69, 9.17) is 9.68 Å². The summed E-state index contributed by atoms with van der Waals surface area (Å²) in [6.45, 7) is 8.20. The predicted molar refractivity (Wildman–Crippen MR) is 110 cm³/mol. The molecule has 0 spiro atoms. The highest BCUT2D eigenvalue weighted by molar-refractivity contribution is 5.83. The fraction of sp³-hybridized carbons (Fsp3) is 0.250. The maximum Gasteiger partial charge on any atom is 0.124 e. The van der Waals surface area contributed by atoms with Crippen LogP contribution in [0.15, 0.2) is 78.9 Å². The summed E-state index contributed by atoms with van der Waals surface area (Å²) >= 11 is 0. The van der Waals surface area contributed by atoms with Crippen molar-refractivity contribution in [3.8, 4) is 22.3 Å². The topological polar surface area (TPSA) is 21.7 Å². The molecule has 3 heteroatoms. The normalized spacial score (nSPS) is 17.9. The van der Waals surface area contributed by atoms with E-state index in [0.717, 1.165) is 22.4 Å². The van der Waals surface area contributed by atoms with Gasteiger partial charge in [-0.2, -0.15) is 0 Å². The second-order valence-electron chi connectivity index (χ2n) is 7.92. The number of hydrogen-bond acceptors (Lipinski definition) is 3. The van der Waals surface area contributed by atoms with E-state index in [-0.39, 0.29) is 0 Å². The van der Waals surface area contributed by atoms with Crippen molar-refractivity contribution < 1.29 is 9.68 Å². The van der Waals surface area contributed by atoms with E-state index in [1.165, 1.54) is 5.56 Å². The predicted octanol–water partition coefficient (Wildman–Crippen LogP) is 6.26. The van der Waals surface area contributed by atoms with Gasteiger partial charge in [-0.3, -0.25) is 0 Å². The van der Waals surface area contributed by atoms with E-state index in [2.05, 4.69) is 54.6 Å². The van der Waals surface area contributed by atoms with Crippen LogP contribution in [0.4, 0.5) is 5.69 Å². The van der Waals surface area contributed by atoms with Crippen LogP contribution in [0, 0.1) is 0 Å². The van der Waals surface area contributed by atoms with Crippen LogP contribution in [0.3, 0.4) is 0 Å². The van der Waals surface area contributed by atoms with Gasteiger partial charge in [0.25, 0.3) is 0 Å². The summed E-state index contributed by atoms with van der Waals surface area (Å²) in [5.41, 5.74) is 4.59. The Hall–Kier alpha value is -2.62. The molecule has 1 aliphatic rings. The van der Waals surface area contributed by atoms with E-state index in [1.807, 2.05) is 52.0 Å². The lowest BCUT2D eigenvalue weighted by molar-refractivity contribution is -0.0270. The summed E-state index contributed by atoms with van der Waals surface area (Å²) in [7, 11) is 0. The molecule has 138 valence electrons. The summed E-state index contributed by atoms with van der Waals surface area (Å²) < 4.78 is 0. The van der Waals surface area contributed by atoms with Crippen molar-refractivity contribution in [2.75, 3.05) is 5.23 Å². The Morgan fingerprint density at radius 2 is 1.11 bits per heavy atom. The maximum absolute atomic E-state index is 6.17. The number of rotatable bonds is 3. The lowest BCUT2D eigenvalue weighted by Gasteiger charge is -2.26. The van der Waals surface area contributed by atoms with Crippen molar-refractivity contribution in [3.05, 3.63) is 78.9 Å². The highest BCUT2D eigenvalue weighted by Gasteiger charge is 2.50. The summed E-state index contributed by atoms with van der Waals surface area (Å²) in [5, 5.41) is 1.58. The molecule has 0 N–H and O–H groups in total. The van der Waals surface area contributed by atoms with Crippen LogP contribution >= 0.6 is 0 Å². The van der Waals surface area contributed by atoms with Crippen molar-refractivity contribution in [3.63, 3.8) is 0 Å². The molecule has 27 heavy (non-hydrogen) atoms. The second-order valence-corrected chi connectivity index (χ2v) is 7.92. The van der Waals surface area contributed by atoms with Crippen molar-refractivity contribution in [2.45, 2.75) is 38.9 Å². The third kappa shape index (κ3) is 3.25. The van der Waals surface area contributed by atoms with Crippen LogP contribution in [-0.2, 0) is 9.68 Å². The van der Waals surface area contributed by atoms with Gasteiger partial charge in [0.2, 0.25) is 0 Å². The highest BCUT2D eigenvalue weighted by atomic mass is 17.0. The molecule has 0 aromatic heterocycles. The van der Waals surface area contributed by atoms with Crippen molar-refractivity contribution in [1.82, 2.24) is 0 Å². The quantitative estimate of drug-likeness (QED) is 0.551. The SMILES string of the molecule is CC1(C)ON(c2ccc(-c3ccccc3)cc2-c2ccccc2)OC1(C)C. The average molecular weight is 359 g/mol.